The van der Waals surface area contributed by atoms with Gasteiger partial charge in [0.1, 0.15) is 0 Å². The van der Waals surface area contributed by atoms with Gasteiger partial charge in [-0.05, 0) is 49.4 Å². The molecule has 1 aromatic carbocycles. The fraction of sp³-hybridized carbons (Fsp3) is 0.562. The highest BCUT2D eigenvalue weighted by Crippen LogP contribution is 2.23. The monoisotopic (exact) mass is 310 g/mol. The molecule has 0 bridgehead atoms. The second kappa shape index (κ2) is 7.78. The van der Waals surface area contributed by atoms with Crippen molar-refractivity contribution in [3.05, 3.63) is 35.4 Å². The highest BCUT2D eigenvalue weighted by molar-refractivity contribution is 5.94. The van der Waals surface area contributed by atoms with Gasteiger partial charge in [-0.25, -0.2) is 0 Å². The molecule has 0 radical (unpaired) electrons. The third-order valence-electron chi connectivity index (χ3n) is 4.18. The number of ether oxygens (including phenoxy) is 1. The van der Waals surface area contributed by atoms with Gasteiger partial charge in [0.2, 0.25) is 0 Å². The average molecular weight is 311 g/mol. The molecule has 0 aromatic heterocycles. The first kappa shape index (κ1) is 16.3. The Hall–Kier alpha value is -1.10. The molecule has 0 aliphatic carbocycles. The first-order valence-corrected chi connectivity index (χ1v) is 7.52. The van der Waals surface area contributed by atoms with Crippen LogP contribution in [0.5, 0.6) is 0 Å². The molecule has 5 heteroatoms. The zero-order valence-corrected chi connectivity index (χ0v) is 13.0. The number of amides is 1. The van der Waals surface area contributed by atoms with E-state index in [-0.39, 0.29) is 24.4 Å². The molecule has 4 nitrogen and oxygen atoms in total. The van der Waals surface area contributed by atoms with Crippen LogP contribution in [0.2, 0.25) is 0 Å². The highest BCUT2D eigenvalue weighted by atomic mass is 35.5. The first-order valence-electron chi connectivity index (χ1n) is 7.52. The number of hydrogen-bond acceptors (Lipinski definition) is 3. The Kier molecular flexibility index (Phi) is 6.03. The maximum Gasteiger partial charge on any atom is 0.251 e. The Labute approximate surface area is 132 Å². The van der Waals surface area contributed by atoms with Gasteiger partial charge in [0, 0.05) is 18.7 Å². The molecule has 2 unspecified atom stereocenters. The third-order valence-corrected chi connectivity index (χ3v) is 4.18. The summed E-state index contributed by atoms with van der Waals surface area (Å²) in [5, 5.41) is 6.47. The molecule has 2 saturated heterocycles. The molecular weight excluding hydrogens is 288 g/mol. The van der Waals surface area contributed by atoms with Gasteiger partial charge >= 0.3 is 0 Å². The number of carbonyl (C=O) groups is 1. The Bertz CT molecular complexity index is 469. The van der Waals surface area contributed by atoms with Crippen LogP contribution in [0.15, 0.2) is 24.3 Å². The second-order valence-electron chi connectivity index (χ2n) is 5.70. The average Bonchev–Trinajstić information content (AvgIpc) is 3.01. The van der Waals surface area contributed by atoms with Crippen molar-refractivity contribution >= 4 is 18.3 Å². The Morgan fingerprint density at radius 1 is 1.33 bits per heavy atom. The Morgan fingerprint density at radius 3 is 2.95 bits per heavy atom. The summed E-state index contributed by atoms with van der Waals surface area (Å²) in [7, 11) is 0. The van der Waals surface area contributed by atoms with E-state index in [1.165, 1.54) is 18.4 Å². The smallest absolute Gasteiger partial charge is 0.251 e. The van der Waals surface area contributed by atoms with Crippen LogP contribution in [0.1, 0.15) is 41.1 Å². The van der Waals surface area contributed by atoms with Gasteiger partial charge in [-0.1, -0.05) is 12.1 Å². The van der Waals surface area contributed by atoms with Crippen LogP contribution in [0.25, 0.3) is 0 Å². The van der Waals surface area contributed by atoms with Gasteiger partial charge in [0.05, 0.1) is 12.6 Å². The lowest BCUT2D eigenvalue weighted by Gasteiger charge is -2.23. The van der Waals surface area contributed by atoms with E-state index >= 15 is 0 Å². The summed E-state index contributed by atoms with van der Waals surface area (Å²) in [5.41, 5.74) is 2.03. The van der Waals surface area contributed by atoms with E-state index < -0.39 is 0 Å². The van der Waals surface area contributed by atoms with E-state index in [0.717, 1.165) is 31.7 Å². The minimum absolute atomic E-state index is 0. The summed E-state index contributed by atoms with van der Waals surface area (Å²) in [4.78, 5) is 12.3. The van der Waals surface area contributed by atoms with Crippen LogP contribution in [-0.2, 0) is 4.74 Å². The van der Waals surface area contributed by atoms with Crippen LogP contribution in [-0.4, -0.2) is 38.3 Å². The van der Waals surface area contributed by atoms with Crippen LogP contribution >= 0.6 is 12.4 Å². The third kappa shape index (κ3) is 4.19. The van der Waals surface area contributed by atoms with Crippen molar-refractivity contribution in [2.75, 3.05) is 26.3 Å². The van der Waals surface area contributed by atoms with E-state index in [4.69, 9.17) is 4.74 Å². The lowest BCUT2D eigenvalue weighted by molar-refractivity contribution is 0.0930. The maximum absolute atomic E-state index is 12.3. The van der Waals surface area contributed by atoms with E-state index in [1.54, 1.807) is 0 Å². The van der Waals surface area contributed by atoms with E-state index in [2.05, 4.69) is 16.7 Å². The van der Waals surface area contributed by atoms with E-state index in [9.17, 15) is 4.79 Å². The molecule has 2 heterocycles. The van der Waals surface area contributed by atoms with Gasteiger partial charge in [0.25, 0.3) is 5.91 Å². The number of halogens is 1. The van der Waals surface area contributed by atoms with E-state index in [1.807, 2.05) is 18.2 Å². The van der Waals surface area contributed by atoms with Crippen LogP contribution in [0.4, 0.5) is 0 Å². The summed E-state index contributed by atoms with van der Waals surface area (Å²) in [6.07, 6.45) is 3.33. The number of piperidine rings is 1. The van der Waals surface area contributed by atoms with Crippen molar-refractivity contribution in [1.29, 1.82) is 0 Å². The predicted octanol–water partition coefficient (Wildman–Crippen LogP) is 2.09. The quantitative estimate of drug-likeness (QED) is 0.899. The lowest BCUT2D eigenvalue weighted by Crippen LogP contribution is -2.35. The number of rotatable bonds is 3. The molecule has 3 rings (SSSR count). The fourth-order valence-corrected chi connectivity index (χ4v) is 2.99. The molecule has 116 valence electrons. The number of nitrogens with one attached hydrogen (secondary N) is 2. The topological polar surface area (TPSA) is 50.4 Å². The van der Waals surface area contributed by atoms with Gasteiger partial charge in [-0.3, -0.25) is 4.79 Å². The molecule has 2 aliphatic heterocycles. The number of benzene rings is 1. The molecule has 1 aromatic rings. The largest absolute Gasteiger partial charge is 0.379 e. The molecule has 2 fully saturated rings. The van der Waals surface area contributed by atoms with Crippen molar-refractivity contribution < 1.29 is 9.53 Å². The number of hydrogen-bond donors (Lipinski definition) is 2. The fourth-order valence-electron chi connectivity index (χ4n) is 2.99. The molecule has 21 heavy (non-hydrogen) atoms. The molecule has 1 amide bonds. The summed E-state index contributed by atoms with van der Waals surface area (Å²) >= 11 is 0. The van der Waals surface area contributed by atoms with Gasteiger partial charge in [0.15, 0.2) is 0 Å². The van der Waals surface area contributed by atoms with Crippen LogP contribution in [0, 0.1) is 0 Å². The van der Waals surface area contributed by atoms with Crippen molar-refractivity contribution in [2.24, 2.45) is 0 Å². The Balaban J connectivity index is 0.00000161. The maximum atomic E-state index is 12.3. The predicted molar refractivity (Wildman–Crippen MR) is 85.2 cm³/mol. The molecule has 0 saturated carbocycles. The van der Waals surface area contributed by atoms with Gasteiger partial charge in [-0.15, -0.1) is 12.4 Å². The van der Waals surface area contributed by atoms with Crippen molar-refractivity contribution in [3.8, 4) is 0 Å². The van der Waals surface area contributed by atoms with E-state index in [0.29, 0.717) is 12.5 Å². The summed E-state index contributed by atoms with van der Waals surface area (Å²) in [5.74, 6) is 0.553. The van der Waals surface area contributed by atoms with Crippen LogP contribution < -0.4 is 10.6 Å². The zero-order chi connectivity index (χ0) is 13.8. The van der Waals surface area contributed by atoms with Gasteiger partial charge < -0.3 is 15.4 Å². The minimum atomic E-state index is 0. The molecule has 0 spiro atoms. The Morgan fingerprint density at radius 2 is 2.24 bits per heavy atom. The van der Waals surface area contributed by atoms with Crippen molar-refractivity contribution in [1.82, 2.24) is 10.6 Å². The molecule has 2 aliphatic rings. The van der Waals surface area contributed by atoms with Crippen molar-refractivity contribution in [2.45, 2.75) is 31.2 Å². The normalized spacial score (nSPS) is 25.1. The minimum Gasteiger partial charge on any atom is -0.379 e. The van der Waals surface area contributed by atoms with Crippen LogP contribution in [0.3, 0.4) is 0 Å². The molecule has 2 N–H and O–H groups in total. The summed E-state index contributed by atoms with van der Waals surface area (Å²) in [6, 6.07) is 8.23. The standard InChI is InChI=1S/C16H22N2O2.ClH/c19-16(18-15-6-8-20-11-15)13-4-1-3-12(9-13)14-5-2-7-17-10-14;/h1,3-4,9,14-15,17H,2,5-8,10-11H2,(H,18,19);1H. The summed E-state index contributed by atoms with van der Waals surface area (Å²) in [6.45, 7) is 3.51. The SMILES string of the molecule is Cl.O=C(NC1CCOC1)c1cccc(C2CCCNC2)c1. The zero-order valence-electron chi connectivity index (χ0n) is 12.1. The first-order chi connectivity index (χ1) is 9.83. The van der Waals surface area contributed by atoms with Crippen molar-refractivity contribution in [3.63, 3.8) is 0 Å². The molecular formula is C16H23ClN2O2. The molecule has 2 atom stereocenters. The highest BCUT2D eigenvalue weighted by Gasteiger charge is 2.20. The van der Waals surface area contributed by atoms with Gasteiger partial charge in [-0.2, -0.15) is 0 Å². The lowest BCUT2D eigenvalue weighted by atomic mass is 9.90. The number of carbonyl (C=O) groups excluding carboxylic acids is 1. The second-order valence-corrected chi connectivity index (χ2v) is 5.70. The summed E-state index contributed by atoms with van der Waals surface area (Å²) < 4.78 is 5.29.